The number of hydrogen-bond donors (Lipinski definition) is 1. The monoisotopic (exact) mass is 407 g/mol. The molecule has 1 N–H and O–H groups in total. The molecule has 0 radical (unpaired) electrons. The second-order valence-corrected chi connectivity index (χ2v) is 7.89. The average Bonchev–Trinajstić information content (AvgIpc) is 2.64. The first kappa shape index (κ1) is 18.5. The van der Waals surface area contributed by atoms with Crippen LogP contribution in [0, 0.1) is 0 Å². The van der Waals surface area contributed by atoms with Gasteiger partial charge in [-0.05, 0) is 6.08 Å². The van der Waals surface area contributed by atoms with Crippen LogP contribution in [0.3, 0.4) is 0 Å². The number of halogens is 1. The lowest BCUT2D eigenvalue weighted by Gasteiger charge is -2.15. The second kappa shape index (κ2) is 7.53. The van der Waals surface area contributed by atoms with E-state index in [0.717, 1.165) is 5.56 Å². The molecule has 2 aromatic rings. The fourth-order valence-electron chi connectivity index (χ4n) is 2.30. The molecule has 0 fully saturated rings. The summed E-state index contributed by atoms with van der Waals surface area (Å²) in [6.07, 6.45) is 4.72. The summed E-state index contributed by atoms with van der Waals surface area (Å²) < 4.78 is 32.9. The Hall–Kier alpha value is -2.29. The van der Waals surface area contributed by atoms with Crippen molar-refractivity contribution >= 4 is 44.5 Å². The minimum absolute atomic E-state index is 0.0263. The predicted octanol–water partition coefficient (Wildman–Crippen LogP) is 3.67. The molecule has 26 heavy (non-hydrogen) atoms. The summed E-state index contributed by atoms with van der Waals surface area (Å²) in [7, 11) is -2.58. The summed E-state index contributed by atoms with van der Waals surface area (Å²) in [5.41, 5.74) is 1.39. The highest BCUT2D eigenvalue weighted by Crippen LogP contribution is 2.28. The molecule has 0 atom stereocenters. The van der Waals surface area contributed by atoms with E-state index in [1.165, 1.54) is 19.4 Å². The number of allylic oxidation sites excluding steroid dienone is 4. The molecule has 0 saturated heterocycles. The Morgan fingerprint density at radius 3 is 2.69 bits per heavy atom. The van der Waals surface area contributed by atoms with Gasteiger partial charge in [0.15, 0.2) is 0 Å². The van der Waals surface area contributed by atoms with Gasteiger partial charge in [-0.3, -0.25) is 4.72 Å². The third-order valence-corrected chi connectivity index (χ3v) is 5.73. The van der Waals surface area contributed by atoms with Crippen LogP contribution in [0.2, 0.25) is 0 Å². The van der Waals surface area contributed by atoms with E-state index in [1.54, 1.807) is 6.08 Å². The number of nitrogens with zero attached hydrogens (tertiary/aromatic N) is 2. The molecule has 1 aromatic heterocycles. The molecule has 1 aliphatic carbocycles. The number of benzene rings is 1. The minimum Gasteiger partial charge on any atom is -0.478 e. The zero-order valence-corrected chi connectivity index (χ0v) is 16.0. The smallest absolute Gasteiger partial charge is 0.264 e. The van der Waals surface area contributed by atoms with E-state index in [1.807, 2.05) is 30.3 Å². The number of anilines is 1. The highest BCUT2D eigenvalue weighted by atomic mass is 35.5. The molecule has 9 heteroatoms. The number of hydrogen-bond acceptors (Lipinski definition) is 6. The van der Waals surface area contributed by atoms with Crippen LogP contribution in [0.5, 0.6) is 5.88 Å². The van der Waals surface area contributed by atoms with Crippen molar-refractivity contribution in [2.45, 2.75) is 6.42 Å². The molecule has 3 rings (SSSR count). The Morgan fingerprint density at radius 1 is 1.27 bits per heavy atom. The highest BCUT2D eigenvalue weighted by molar-refractivity contribution is 7.99. The van der Waals surface area contributed by atoms with Gasteiger partial charge in [-0.15, -0.1) is 0 Å². The molecular weight excluding hydrogens is 394 g/mol. The molecule has 1 aromatic carbocycles. The highest BCUT2D eigenvalue weighted by Gasteiger charge is 2.26. The Morgan fingerprint density at radius 2 is 2.00 bits per heavy atom. The molecule has 1 heterocycles. The minimum atomic E-state index is -3.97. The number of aromatic nitrogens is 2. The van der Waals surface area contributed by atoms with Gasteiger partial charge in [-0.2, -0.15) is 0 Å². The van der Waals surface area contributed by atoms with Gasteiger partial charge in [-0.25, -0.2) is 18.4 Å². The summed E-state index contributed by atoms with van der Waals surface area (Å²) in [5.74, 6) is 0.0282. The Bertz CT molecular complexity index is 1020. The van der Waals surface area contributed by atoms with Gasteiger partial charge in [0.05, 0.1) is 19.0 Å². The molecule has 0 unspecified atom stereocenters. The zero-order chi connectivity index (χ0) is 18.7. The van der Waals surface area contributed by atoms with Crippen molar-refractivity contribution in [3.63, 3.8) is 0 Å². The molecular formula is C17H14ClN3O3S2. The van der Waals surface area contributed by atoms with Crippen molar-refractivity contribution in [3.8, 4) is 17.1 Å². The molecule has 6 nitrogen and oxygen atoms in total. The van der Waals surface area contributed by atoms with Crippen LogP contribution < -0.4 is 9.46 Å². The molecule has 134 valence electrons. The van der Waals surface area contributed by atoms with E-state index >= 15 is 0 Å². The van der Waals surface area contributed by atoms with Gasteiger partial charge in [0.1, 0.15) is 4.91 Å². The predicted molar refractivity (Wildman–Crippen MR) is 106 cm³/mol. The standard InChI is InChI=1S/C17H14ClN3O3S2/c1-24-17-16(19-10-13(20-17)11-5-3-2-4-6-11)21-26(22,23)15-9-12(18)7-8-14(15)25/h2-7,9-10H,8H2,1H3,(H,19,21). The van der Waals surface area contributed by atoms with Crippen LogP contribution in [0.25, 0.3) is 11.3 Å². The third-order valence-electron chi connectivity index (χ3n) is 3.55. The van der Waals surface area contributed by atoms with Gasteiger partial charge in [0.2, 0.25) is 5.82 Å². The van der Waals surface area contributed by atoms with E-state index in [2.05, 4.69) is 14.7 Å². The van der Waals surface area contributed by atoms with Crippen molar-refractivity contribution in [2.75, 3.05) is 11.8 Å². The first-order valence-corrected chi connectivity index (χ1v) is 9.77. The van der Waals surface area contributed by atoms with E-state index in [9.17, 15) is 8.42 Å². The number of sulfonamides is 1. The van der Waals surface area contributed by atoms with Crippen LogP contribution in [0.4, 0.5) is 5.82 Å². The van der Waals surface area contributed by atoms with Crippen molar-refractivity contribution in [1.29, 1.82) is 0 Å². The summed E-state index contributed by atoms with van der Waals surface area (Å²) in [4.78, 5) is 8.69. The lowest BCUT2D eigenvalue weighted by Crippen LogP contribution is -2.22. The van der Waals surface area contributed by atoms with E-state index in [0.29, 0.717) is 10.7 Å². The van der Waals surface area contributed by atoms with Crippen molar-refractivity contribution in [3.05, 3.63) is 58.6 Å². The van der Waals surface area contributed by atoms with Crippen molar-refractivity contribution in [1.82, 2.24) is 9.97 Å². The molecule has 0 bridgehead atoms. The first-order valence-electron chi connectivity index (χ1n) is 7.50. The molecule has 0 aliphatic heterocycles. The molecule has 0 spiro atoms. The summed E-state index contributed by atoms with van der Waals surface area (Å²) in [5, 5.41) is 0.316. The maximum atomic E-state index is 12.7. The maximum Gasteiger partial charge on any atom is 0.264 e. The number of methoxy groups -OCH3 is 1. The van der Waals surface area contributed by atoms with Gasteiger partial charge in [0.25, 0.3) is 15.9 Å². The maximum absolute atomic E-state index is 12.7. The average molecular weight is 408 g/mol. The zero-order valence-electron chi connectivity index (χ0n) is 13.6. The molecule has 1 aliphatic rings. The normalized spacial score (nSPS) is 14.5. The van der Waals surface area contributed by atoms with Gasteiger partial charge in [-0.1, -0.05) is 60.2 Å². The van der Waals surface area contributed by atoms with Crippen LogP contribution in [0.15, 0.2) is 58.6 Å². The van der Waals surface area contributed by atoms with Gasteiger partial charge < -0.3 is 4.74 Å². The topological polar surface area (TPSA) is 81.2 Å². The van der Waals surface area contributed by atoms with Gasteiger partial charge >= 0.3 is 0 Å². The number of thiocarbonyl (C=S) groups is 1. The number of nitrogens with one attached hydrogen (secondary N) is 1. The second-order valence-electron chi connectivity index (χ2n) is 5.31. The Kier molecular flexibility index (Phi) is 5.36. The summed E-state index contributed by atoms with van der Waals surface area (Å²) in [6, 6.07) is 9.36. The fraction of sp³-hybridized carbons (Fsp3) is 0.118. The lowest BCUT2D eigenvalue weighted by molar-refractivity contribution is 0.399. The van der Waals surface area contributed by atoms with Gasteiger partial charge in [0, 0.05) is 21.9 Å². The van der Waals surface area contributed by atoms with E-state index < -0.39 is 10.0 Å². The molecule has 0 saturated carbocycles. The van der Waals surface area contributed by atoms with Crippen LogP contribution in [0.1, 0.15) is 6.42 Å². The number of ether oxygens (including phenoxy) is 1. The Balaban J connectivity index is 1.95. The van der Waals surface area contributed by atoms with Crippen LogP contribution >= 0.6 is 23.8 Å². The van der Waals surface area contributed by atoms with Crippen LogP contribution in [-0.2, 0) is 10.0 Å². The van der Waals surface area contributed by atoms with E-state index in [4.69, 9.17) is 28.6 Å². The molecule has 0 amide bonds. The first-order chi connectivity index (χ1) is 12.4. The lowest BCUT2D eigenvalue weighted by atomic mass is 10.2. The SMILES string of the molecule is COc1nc(-c2ccccc2)cnc1NS(=O)(=O)C1=CC(Cl)=CCC1=S. The van der Waals surface area contributed by atoms with Crippen molar-refractivity contribution in [2.24, 2.45) is 0 Å². The Labute approximate surface area is 161 Å². The van der Waals surface area contributed by atoms with Crippen LogP contribution in [-0.4, -0.2) is 30.4 Å². The fourth-order valence-corrected chi connectivity index (χ4v) is 4.19. The quantitative estimate of drug-likeness (QED) is 0.761. The summed E-state index contributed by atoms with van der Waals surface area (Å²) in [6.45, 7) is 0. The van der Waals surface area contributed by atoms with E-state index in [-0.39, 0.29) is 27.9 Å². The largest absolute Gasteiger partial charge is 0.478 e. The number of rotatable bonds is 5. The third kappa shape index (κ3) is 3.92. The summed E-state index contributed by atoms with van der Waals surface area (Å²) >= 11 is 11.0. The van der Waals surface area contributed by atoms with Crippen molar-refractivity contribution < 1.29 is 13.2 Å².